The molecule has 0 saturated heterocycles. The van der Waals surface area contributed by atoms with Crippen LogP contribution in [0, 0.1) is 0 Å². The molecule has 0 aliphatic heterocycles. The highest BCUT2D eigenvalue weighted by Crippen LogP contribution is 2.31. The molecule has 9 nitrogen and oxygen atoms in total. The molecule has 0 fully saturated rings. The number of ether oxygens (including phenoxy) is 1. The van der Waals surface area contributed by atoms with E-state index < -0.39 is 27.1 Å². The molecule has 3 aromatic heterocycles. The van der Waals surface area contributed by atoms with Gasteiger partial charge < -0.3 is 4.74 Å². The third-order valence-electron chi connectivity index (χ3n) is 4.75. The number of hydrogen-bond donors (Lipinski definition) is 0. The molecule has 4 rings (SSSR count). The van der Waals surface area contributed by atoms with Gasteiger partial charge >= 0.3 is 6.18 Å². The molecule has 1 aromatic carbocycles. The van der Waals surface area contributed by atoms with Crippen LogP contribution in [-0.4, -0.2) is 38.7 Å². The van der Waals surface area contributed by atoms with Gasteiger partial charge in [0.2, 0.25) is 5.88 Å². The van der Waals surface area contributed by atoms with Crippen molar-refractivity contribution >= 4 is 20.6 Å². The molecular weight excluding hydrogens is 463 g/mol. The molecule has 13 heteroatoms. The summed E-state index contributed by atoms with van der Waals surface area (Å²) in [5.74, 6) is -0.449. The Morgan fingerprint density at radius 1 is 1.12 bits per heavy atom. The first-order valence-corrected chi connectivity index (χ1v) is 11.1. The van der Waals surface area contributed by atoms with E-state index in [1.807, 2.05) is 0 Å². The van der Waals surface area contributed by atoms with Crippen LogP contribution in [0.2, 0.25) is 0 Å². The second-order valence-corrected chi connectivity index (χ2v) is 9.23. The predicted molar refractivity (Wildman–Crippen MR) is 111 cm³/mol. The molecule has 0 bridgehead atoms. The topological polar surface area (TPSA) is 109 Å². The van der Waals surface area contributed by atoms with Gasteiger partial charge in [-0.15, -0.1) is 5.10 Å². The third kappa shape index (κ3) is 4.31. The molecule has 0 spiro atoms. The average Bonchev–Trinajstić information content (AvgIpc) is 3.18. The van der Waals surface area contributed by atoms with Crippen molar-refractivity contribution in [3.8, 4) is 17.4 Å². The summed E-state index contributed by atoms with van der Waals surface area (Å²) in [6.45, 7) is 1.40. The van der Waals surface area contributed by atoms with Crippen LogP contribution in [0.1, 0.15) is 12.5 Å². The van der Waals surface area contributed by atoms with Crippen molar-refractivity contribution in [2.45, 2.75) is 18.0 Å². The Kier molecular flexibility index (Phi) is 5.44. The number of fused-ring (bicyclic) bond motifs is 1. The smallest absolute Gasteiger partial charge is 0.416 e. The van der Waals surface area contributed by atoms with Gasteiger partial charge in [-0.25, -0.2) is 13.4 Å². The number of sulfone groups is 1. The Balaban J connectivity index is 1.90. The first-order chi connectivity index (χ1) is 15.5. The van der Waals surface area contributed by atoms with E-state index in [0.29, 0.717) is 10.7 Å². The SMILES string of the molecule is CCS(=O)(=O)c1cc(Oc2ccn(C)n2)cnc1-n1ncc2ccc(C(F)(F)F)cc2c1=O. The highest BCUT2D eigenvalue weighted by Gasteiger charge is 2.31. The van der Waals surface area contributed by atoms with E-state index in [1.165, 1.54) is 30.1 Å². The van der Waals surface area contributed by atoms with E-state index in [-0.39, 0.29) is 38.9 Å². The number of pyridine rings is 1. The van der Waals surface area contributed by atoms with Crippen molar-refractivity contribution in [1.29, 1.82) is 0 Å². The first kappa shape index (κ1) is 22.5. The molecule has 0 aliphatic rings. The largest absolute Gasteiger partial charge is 0.436 e. The summed E-state index contributed by atoms with van der Waals surface area (Å²) in [5, 5.41) is 7.85. The van der Waals surface area contributed by atoms with E-state index in [4.69, 9.17) is 4.74 Å². The van der Waals surface area contributed by atoms with Crippen molar-refractivity contribution in [3.63, 3.8) is 0 Å². The molecule has 0 aliphatic carbocycles. The molecule has 172 valence electrons. The minimum Gasteiger partial charge on any atom is -0.436 e. The van der Waals surface area contributed by atoms with Crippen LogP contribution in [0.25, 0.3) is 16.6 Å². The summed E-state index contributed by atoms with van der Waals surface area (Å²) < 4.78 is 72.6. The summed E-state index contributed by atoms with van der Waals surface area (Å²) >= 11 is 0. The molecule has 4 aromatic rings. The van der Waals surface area contributed by atoms with Crippen LogP contribution in [0.15, 0.2) is 58.6 Å². The zero-order valence-corrected chi connectivity index (χ0v) is 18.1. The predicted octanol–water partition coefficient (Wildman–Crippen LogP) is 3.12. The van der Waals surface area contributed by atoms with Gasteiger partial charge in [0.05, 0.1) is 29.1 Å². The summed E-state index contributed by atoms with van der Waals surface area (Å²) in [4.78, 5) is 16.7. The third-order valence-corrected chi connectivity index (χ3v) is 6.48. The van der Waals surface area contributed by atoms with E-state index in [0.717, 1.165) is 12.1 Å². The fourth-order valence-electron chi connectivity index (χ4n) is 3.06. The number of benzene rings is 1. The van der Waals surface area contributed by atoms with Gasteiger partial charge in [-0.05, 0) is 12.1 Å². The molecule has 0 N–H and O–H groups in total. The Labute approximate surface area is 185 Å². The van der Waals surface area contributed by atoms with Crippen LogP contribution < -0.4 is 10.3 Å². The lowest BCUT2D eigenvalue weighted by molar-refractivity contribution is -0.137. The second-order valence-electron chi connectivity index (χ2n) is 6.99. The molecule has 0 unspecified atom stereocenters. The van der Waals surface area contributed by atoms with Gasteiger partial charge in [-0.2, -0.15) is 23.0 Å². The van der Waals surface area contributed by atoms with Crippen LogP contribution in [0.5, 0.6) is 11.6 Å². The monoisotopic (exact) mass is 479 g/mol. The average molecular weight is 479 g/mol. The number of nitrogens with zero attached hydrogens (tertiary/aromatic N) is 5. The highest BCUT2D eigenvalue weighted by atomic mass is 32.2. The van der Waals surface area contributed by atoms with Crippen LogP contribution >= 0.6 is 0 Å². The van der Waals surface area contributed by atoms with Crippen LogP contribution in [0.4, 0.5) is 13.2 Å². The molecule has 33 heavy (non-hydrogen) atoms. The molecule has 0 radical (unpaired) electrons. The quantitative estimate of drug-likeness (QED) is 0.433. The van der Waals surface area contributed by atoms with Crippen molar-refractivity contribution < 1.29 is 26.3 Å². The van der Waals surface area contributed by atoms with E-state index in [1.54, 1.807) is 19.3 Å². The number of rotatable bonds is 5. The zero-order valence-electron chi connectivity index (χ0n) is 17.2. The first-order valence-electron chi connectivity index (χ1n) is 9.49. The van der Waals surface area contributed by atoms with Gasteiger partial charge in [-0.1, -0.05) is 13.0 Å². The van der Waals surface area contributed by atoms with Crippen LogP contribution in [-0.2, 0) is 23.1 Å². The highest BCUT2D eigenvalue weighted by molar-refractivity contribution is 7.91. The number of aryl methyl sites for hydroxylation is 1. The maximum absolute atomic E-state index is 13.1. The Morgan fingerprint density at radius 3 is 2.52 bits per heavy atom. The maximum atomic E-state index is 13.1. The summed E-state index contributed by atoms with van der Waals surface area (Å²) in [7, 11) is -2.27. The normalized spacial score (nSPS) is 12.3. The number of alkyl halides is 3. The molecular formula is C20H16F3N5O4S. The fraction of sp³-hybridized carbons (Fsp3) is 0.200. The van der Waals surface area contributed by atoms with E-state index >= 15 is 0 Å². The van der Waals surface area contributed by atoms with E-state index in [2.05, 4.69) is 15.2 Å². The van der Waals surface area contributed by atoms with Gasteiger partial charge in [-0.3, -0.25) is 9.48 Å². The van der Waals surface area contributed by atoms with E-state index in [9.17, 15) is 26.4 Å². The number of hydrogen-bond acceptors (Lipinski definition) is 7. The number of halogens is 3. The molecule has 3 heterocycles. The second kappa shape index (κ2) is 7.99. The lowest BCUT2D eigenvalue weighted by atomic mass is 10.1. The maximum Gasteiger partial charge on any atom is 0.416 e. The number of aromatic nitrogens is 5. The van der Waals surface area contributed by atoms with Crippen molar-refractivity contribution in [3.05, 3.63) is 64.8 Å². The standard InChI is InChI=1S/C20H16F3N5O4S/c1-3-33(30,31)16-9-14(32-17-6-7-27(2)26-17)11-24-18(16)28-19(29)15-8-13(20(21,22)23)5-4-12(15)10-25-28/h4-11H,3H2,1-2H3. The Bertz CT molecular complexity index is 1530. The van der Waals surface area contributed by atoms with Crippen LogP contribution in [0.3, 0.4) is 0 Å². The molecule has 0 amide bonds. The van der Waals surface area contributed by atoms with Crippen molar-refractivity contribution in [2.75, 3.05) is 5.75 Å². The zero-order chi connectivity index (χ0) is 24.0. The molecule has 0 saturated carbocycles. The lowest BCUT2D eigenvalue weighted by Gasteiger charge is -2.13. The minimum absolute atomic E-state index is 0.0395. The van der Waals surface area contributed by atoms with Crippen molar-refractivity contribution in [1.82, 2.24) is 24.5 Å². The van der Waals surface area contributed by atoms with Gasteiger partial charge in [0.15, 0.2) is 15.7 Å². The summed E-state index contributed by atoms with van der Waals surface area (Å²) in [5.41, 5.74) is -1.96. The Morgan fingerprint density at radius 2 is 1.88 bits per heavy atom. The minimum atomic E-state index is -4.66. The van der Waals surface area contributed by atoms with Crippen molar-refractivity contribution in [2.24, 2.45) is 7.05 Å². The van der Waals surface area contributed by atoms with Gasteiger partial charge in [0, 0.05) is 30.8 Å². The summed E-state index contributed by atoms with van der Waals surface area (Å²) in [6, 6.07) is 5.37. The lowest BCUT2D eigenvalue weighted by Crippen LogP contribution is -2.24. The molecule has 0 atom stereocenters. The Hall–Kier alpha value is -3.74. The summed E-state index contributed by atoms with van der Waals surface area (Å²) in [6.07, 6.45) is -0.703. The van der Waals surface area contributed by atoms with Gasteiger partial charge in [0.1, 0.15) is 10.6 Å². The van der Waals surface area contributed by atoms with Gasteiger partial charge in [0.25, 0.3) is 5.56 Å². The fourth-order valence-corrected chi connectivity index (χ4v) is 4.08.